The molecule has 0 aromatic heterocycles. The molecular weight excluding hydrogens is 235 g/mol. The Morgan fingerprint density at radius 1 is 0.667 bits per heavy atom. The van der Waals surface area contributed by atoms with Crippen LogP contribution in [0.5, 0.6) is 0 Å². The van der Waals surface area contributed by atoms with E-state index in [-0.39, 0.29) is 7.92 Å². The maximum atomic E-state index is 2.34. The van der Waals surface area contributed by atoms with Crippen LogP contribution in [0.2, 0.25) is 0 Å². The van der Waals surface area contributed by atoms with Crippen LogP contribution in [0.3, 0.4) is 0 Å². The van der Waals surface area contributed by atoms with Crippen LogP contribution < -0.4 is 10.6 Å². The molecule has 0 spiro atoms. The van der Waals surface area contributed by atoms with Crippen molar-refractivity contribution in [2.24, 2.45) is 0 Å². The minimum Gasteiger partial charge on any atom is -0.0879 e. The highest BCUT2D eigenvalue weighted by Gasteiger charge is 2.24. The lowest BCUT2D eigenvalue weighted by Gasteiger charge is -2.25. The molecule has 1 aliphatic rings. The van der Waals surface area contributed by atoms with Crippen LogP contribution in [-0.2, 0) is 0 Å². The van der Waals surface area contributed by atoms with Gasteiger partial charge in [0.2, 0.25) is 0 Å². The van der Waals surface area contributed by atoms with Crippen molar-refractivity contribution in [2.45, 2.75) is 18.5 Å². The van der Waals surface area contributed by atoms with E-state index < -0.39 is 0 Å². The van der Waals surface area contributed by atoms with Crippen molar-refractivity contribution in [1.82, 2.24) is 0 Å². The average Bonchev–Trinajstić information content (AvgIpc) is 2.95. The fourth-order valence-electron chi connectivity index (χ4n) is 2.56. The van der Waals surface area contributed by atoms with Gasteiger partial charge in [0.25, 0.3) is 0 Å². The molecule has 0 radical (unpaired) electrons. The lowest BCUT2D eigenvalue weighted by molar-refractivity contribution is 0.944. The molecule has 0 saturated heterocycles. The highest BCUT2D eigenvalue weighted by atomic mass is 31.1. The maximum absolute atomic E-state index is 2.34. The van der Waals surface area contributed by atoms with Crippen LogP contribution in [0.4, 0.5) is 0 Å². The van der Waals surface area contributed by atoms with Gasteiger partial charge >= 0.3 is 0 Å². The van der Waals surface area contributed by atoms with Crippen LogP contribution in [0.15, 0.2) is 72.8 Å². The monoisotopic (exact) mass is 252 g/mol. The summed E-state index contributed by atoms with van der Waals surface area (Å²) in [6.45, 7) is 0. The molecule has 0 heterocycles. The SMILES string of the molecule is C1=CCC(P(c2ccccc2)c2ccccc2)C1. The predicted molar refractivity (Wildman–Crippen MR) is 81.2 cm³/mol. The molecular formula is C17H17P. The average molecular weight is 252 g/mol. The van der Waals surface area contributed by atoms with Crippen molar-refractivity contribution in [3.8, 4) is 0 Å². The Morgan fingerprint density at radius 2 is 1.11 bits per heavy atom. The van der Waals surface area contributed by atoms with Gasteiger partial charge in [-0.25, -0.2) is 0 Å². The van der Waals surface area contributed by atoms with E-state index in [4.69, 9.17) is 0 Å². The first-order chi connectivity index (χ1) is 8.95. The first-order valence-corrected chi connectivity index (χ1v) is 7.90. The molecule has 0 nitrogen and oxygen atoms in total. The Bertz CT molecular complexity index is 468. The van der Waals surface area contributed by atoms with Crippen LogP contribution >= 0.6 is 7.92 Å². The summed E-state index contributed by atoms with van der Waals surface area (Å²) < 4.78 is 0. The Kier molecular flexibility index (Phi) is 3.57. The highest BCUT2D eigenvalue weighted by molar-refractivity contribution is 7.73. The summed E-state index contributed by atoms with van der Waals surface area (Å²) in [5.74, 6) is 0. The second kappa shape index (κ2) is 5.50. The van der Waals surface area contributed by atoms with Gasteiger partial charge in [0, 0.05) is 0 Å². The van der Waals surface area contributed by atoms with Crippen molar-refractivity contribution in [1.29, 1.82) is 0 Å². The number of allylic oxidation sites excluding steroid dienone is 2. The Balaban J connectivity index is 1.99. The molecule has 2 aromatic rings. The van der Waals surface area contributed by atoms with Gasteiger partial charge in [0.1, 0.15) is 0 Å². The summed E-state index contributed by atoms with van der Waals surface area (Å²) >= 11 is 0. The van der Waals surface area contributed by atoms with E-state index in [0.717, 1.165) is 5.66 Å². The largest absolute Gasteiger partial charge is 0.0879 e. The number of hydrogen-bond acceptors (Lipinski definition) is 0. The molecule has 0 unspecified atom stereocenters. The summed E-state index contributed by atoms with van der Waals surface area (Å²) in [6, 6.07) is 22.0. The molecule has 18 heavy (non-hydrogen) atoms. The molecule has 2 aromatic carbocycles. The summed E-state index contributed by atoms with van der Waals surface area (Å²) in [4.78, 5) is 0. The third-order valence-electron chi connectivity index (χ3n) is 3.42. The normalized spacial score (nSPS) is 15.4. The van der Waals surface area contributed by atoms with Crippen molar-refractivity contribution < 1.29 is 0 Å². The molecule has 0 aliphatic heterocycles. The maximum Gasteiger partial charge on any atom is -0.00597 e. The number of benzene rings is 2. The van der Waals surface area contributed by atoms with E-state index in [9.17, 15) is 0 Å². The smallest absolute Gasteiger partial charge is 0.00597 e. The fourth-order valence-corrected chi connectivity index (χ4v) is 5.35. The van der Waals surface area contributed by atoms with E-state index in [1.165, 1.54) is 23.5 Å². The van der Waals surface area contributed by atoms with E-state index in [2.05, 4.69) is 72.8 Å². The molecule has 1 heteroatoms. The first kappa shape index (κ1) is 11.7. The molecule has 90 valence electrons. The molecule has 1 aliphatic carbocycles. The third-order valence-corrected chi connectivity index (χ3v) is 6.28. The van der Waals surface area contributed by atoms with Crippen molar-refractivity contribution >= 4 is 18.5 Å². The minimum absolute atomic E-state index is 0.215. The molecule has 0 atom stereocenters. The van der Waals surface area contributed by atoms with Crippen molar-refractivity contribution in [2.75, 3.05) is 0 Å². The third kappa shape index (κ3) is 2.40. The molecule has 0 N–H and O–H groups in total. The first-order valence-electron chi connectivity index (χ1n) is 6.49. The van der Waals surface area contributed by atoms with E-state index in [0.29, 0.717) is 0 Å². The predicted octanol–water partition coefficient (Wildman–Crippen LogP) is 3.84. The van der Waals surface area contributed by atoms with Gasteiger partial charge < -0.3 is 0 Å². The standard InChI is InChI=1S/C17H17P/c1-3-9-15(10-4-1)18(17-13-7-8-14-17)16-11-5-2-6-12-16/h1-12,17H,13-14H2. The number of hydrogen-bond donors (Lipinski definition) is 0. The van der Waals surface area contributed by atoms with Gasteiger partial charge in [0.05, 0.1) is 0 Å². The van der Waals surface area contributed by atoms with Gasteiger partial charge in [-0.2, -0.15) is 0 Å². The van der Waals surface area contributed by atoms with Gasteiger partial charge in [-0.1, -0.05) is 72.8 Å². The van der Waals surface area contributed by atoms with E-state index >= 15 is 0 Å². The fraction of sp³-hybridized carbons (Fsp3) is 0.176. The zero-order valence-electron chi connectivity index (χ0n) is 10.4. The summed E-state index contributed by atoms with van der Waals surface area (Å²) in [7, 11) is -0.215. The van der Waals surface area contributed by atoms with Crippen LogP contribution in [0, 0.1) is 0 Å². The van der Waals surface area contributed by atoms with Crippen molar-refractivity contribution in [3.63, 3.8) is 0 Å². The van der Waals surface area contributed by atoms with Crippen LogP contribution in [0.25, 0.3) is 0 Å². The molecule has 0 saturated carbocycles. The summed E-state index contributed by atoms with van der Waals surface area (Å²) in [5.41, 5.74) is 0.782. The molecule has 0 bridgehead atoms. The lowest BCUT2D eigenvalue weighted by Crippen LogP contribution is -2.19. The van der Waals surface area contributed by atoms with E-state index in [1.54, 1.807) is 0 Å². The lowest BCUT2D eigenvalue weighted by atomic mass is 10.3. The molecule has 3 rings (SSSR count). The van der Waals surface area contributed by atoms with Crippen LogP contribution in [-0.4, -0.2) is 5.66 Å². The zero-order valence-corrected chi connectivity index (χ0v) is 11.3. The highest BCUT2D eigenvalue weighted by Crippen LogP contribution is 2.44. The second-order valence-electron chi connectivity index (χ2n) is 4.64. The zero-order chi connectivity index (χ0) is 12.2. The van der Waals surface area contributed by atoms with Gasteiger partial charge in [-0.3, -0.25) is 0 Å². The topological polar surface area (TPSA) is 0 Å². The molecule has 0 fully saturated rings. The Morgan fingerprint density at radius 3 is 1.56 bits per heavy atom. The Hall–Kier alpha value is -1.39. The number of rotatable bonds is 3. The van der Waals surface area contributed by atoms with Crippen molar-refractivity contribution in [3.05, 3.63) is 72.8 Å². The van der Waals surface area contributed by atoms with Gasteiger partial charge in [0.15, 0.2) is 0 Å². The molecule has 0 amide bonds. The minimum atomic E-state index is -0.215. The van der Waals surface area contributed by atoms with Gasteiger partial charge in [-0.15, -0.1) is 0 Å². The summed E-state index contributed by atoms with van der Waals surface area (Å²) in [5, 5.41) is 3.01. The van der Waals surface area contributed by atoms with E-state index in [1.807, 2.05) is 0 Å². The quantitative estimate of drug-likeness (QED) is 0.575. The second-order valence-corrected chi connectivity index (χ2v) is 7.14. The summed E-state index contributed by atoms with van der Waals surface area (Å²) in [6.07, 6.45) is 7.14. The van der Waals surface area contributed by atoms with Gasteiger partial charge in [-0.05, 0) is 37.0 Å². The Labute approximate surface area is 110 Å². The van der Waals surface area contributed by atoms with Crippen LogP contribution in [0.1, 0.15) is 12.8 Å².